The number of oxazole rings is 1. The quantitative estimate of drug-likeness (QED) is 0.775. The molecule has 0 aliphatic carbocycles. The predicted octanol–water partition coefficient (Wildman–Crippen LogP) is 3.96. The van der Waals surface area contributed by atoms with Gasteiger partial charge in [0.05, 0.1) is 5.69 Å². The van der Waals surface area contributed by atoms with Gasteiger partial charge in [-0.3, -0.25) is 4.98 Å². The molecule has 3 aromatic rings. The van der Waals surface area contributed by atoms with E-state index < -0.39 is 0 Å². The first kappa shape index (κ1) is 14.0. The van der Waals surface area contributed by atoms with Crippen LogP contribution in [-0.4, -0.2) is 9.97 Å². The highest BCUT2D eigenvalue weighted by molar-refractivity contribution is 7.08. The van der Waals surface area contributed by atoms with Gasteiger partial charge in [-0.15, -0.1) is 0 Å². The fourth-order valence-corrected chi connectivity index (χ4v) is 2.75. The molecule has 3 rings (SSSR count). The van der Waals surface area contributed by atoms with Crippen molar-refractivity contribution in [2.75, 3.05) is 0 Å². The molecule has 0 bridgehead atoms. The SMILES string of the molecule is Cc1oc(-c2ccsc2)nc1CN[C@H](C)c1ccncc1. The highest BCUT2D eigenvalue weighted by Gasteiger charge is 2.13. The predicted molar refractivity (Wildman–Crippen MR) is 84.0 cm³/mol. The third kappa shape index (κ3) is 3.20. The van der Waals surface area contributed by atoms with Crippen LogP contribution in [0.5, 0.6) is 0 Å². The van der Waals surface area contributed by atoms with Gasteiger partial charge in [0.25, 0.3) is 0 Å². The molecule has 108 valence electrons. The van der Waals surface area contributed by atoms with E-state index in [4.69, 9.17) is 4.42 Å². The number of aromatic nitrogens is 2. The molecule has 0 aromatic carbocycles. The van der Waals surface area contributed by atoms with E-state index in [9.17, 15) is 0 Å². The van der Waals surface area contributed by atoms with Crippen molar-refractivity contribution in [3.63, 3.8) is 0 Å². The maximum absolute atomic E-state index is 5.74. The average Bonchev–Trinajstić information content (AvgIpc) is 3.15. The van der Waals surface area contributed by atoms with Gasteiger partial charge in [0, 0.05) is 35.9 Å². The van der Waals surface area contributed by atoms with Crippen molar-refractivity contribution < 1.29 is 4.42 Å². The summed E-state index contributed by atoms with van der Waals surface area (Å²) in [5, 5.41) is 7.54. The molecule has 0 fully saturated rings. The number of hydrogen-bond acceptors (Lipinski definition) is 5. The fourth-order valence-electron chi connectivity index (χ4n) is 2.12. The van der Waals surface area contributed by atoms with E-state index in [0.717, 1.165) is 17.0 Å². The van der Waals surface area contributed by atoms with E-state index in [1.165, 1.54) is 5.56 Å². The summed E-state index contributed by atoms with van der Waals surface area (Å²) in [4.78, 5) is 8.62. The summed E-state index contributed by atoms with van der Waals surface area (Å²) in [6.07, 6.45) is 3.62. The third-order valence-corrected chi connectivity index (χ3v) is 4.13. The minimum absolute atomic E-state index is 0.244. The Morgan fingerprint density at radius 3 is 2.81 bits per heavy atom. The molecule has 0 amide bonds. The summed E-state index contributed by atoms with van der Waals surface area (Å²) in [5.74, 6) is 1.56. The lowest BCUT2D eigenvalue weighted by atomic mass is 10.1. The van der Waals surface area contributed by atoms with E-state index in [1.54, 1.807) is 11.3 Å². The van der Waals surface area contributed by atoms with Crippen molar-refractivity contribution in [1.29, 1.82) is 0 Å². The molecule has 1 N–H and O–H groups in total. The zero-order valence-corrected chi connectivity index (χ0v) is 12.9. The molecule has 0 saturated heterocycles. The lowest BCUT2D eigenvalue weighted by Gasteiger charge is -2.12. The molecule has 0 spiro atoms. The Hall–Kier alpha value is -1.98. The second-order valence-electron chi connectivity index (χ2n) is 4.92. The second-order valence-corrected chi connectivity index (χ2v) is 5.70. The van der Waals surface area contributed by atoms with Gasteiger partial charge >= 0.3 is 0 Å². The molecular formula is C16H17N3OS. The Morgan fingerprint density at radius 2 is 2.10 bits per heavy atom. The zero-order chi connectivity index (χ0) is 14.7. The minimum Gasteiger partial charge on any atom is -0.441 e. The fraction of sp³-hybridized carbons (Fsp3) is 0.250. The first-order chi connectivity index (χ1) is 10.2. The molecule has 0 saturated carbocycles. The number of aryl methyl sites for hydroxylation is 1. The van der Waals surface area contributed by atoms with E-state index in [-0.39, 0.29) is 6.04 Å². The lowest BCUT2D eigenvalue weighted by Crippen LogP contribution is -2.18. The van der Waals surface area contributed by atoms with Crippen LogP contribution in [0.2, 0.25) is 0 Å². The molecule has 5 heteroatoms. The van der Waals surface area contributed by atoms with Gasteiger partial charge in [0.15, 0.2) is 0 Å². The Morgan fingerprint density at radius 1 is 1.29 bits per heavy atom. The lowest BCUT2D eigenvalue weighted by molar-refractivity contribution is 0.528. The number of pyridine rings is 1. The van der Waals surface area contributed by atoms with E-state index in [2.05, 4.69) is 22.2 Å². The maximum Gasteiger partial charge on any atom is 0.227 e. The molecule has 0 aliphatic rings. The van der Waals surface area contributed by atoms with Gasteiger partial charge < -0.3 is 9.73 Å². The summed E-state index contributed by atoms with van der Waals surface area (Å²) >= 11 is 1.64. The Balaban J connectivity index is 1.68. The van der Waals surface area contributed by atoms with Gasteiger partial charge in [-0.25, -0.2) is 4.98 Å². The van der Waals surface area contributed by atoms with Crippen LogP contribution in [-0.2, 0) is 6.54 Å². The third-order valence-electron chi connectivity index (χ3n) is 3.44. The summed E-state index contributed by atoms with van der Waals surface area (Å²) < 4.78 is 5.74. The molecule has 0 aliphatic heterocycles. The van der Waals surface area contributed by atoms with Gasteiger partial charge in [-0.1, -0.05) is 0 Å². The Kier molecular flexibility index (Phi) is 4.13. The summed E-state index contributed by atoms with van der Waals surface area (Å²) in [7, 11) is 0. The van der Waals surface area contributed by atoms with Gasteiger partial charge in [-0.05, 0) is 43.0 Å². The largest absolute Gasteiger partial charge is 0.441 e. The van der Waals surface area contributed by atoms with Crippen molar-refractivity contribution >= 4 is 11.3 Å². The van der Waals surface area contributed by atoms with Crippen molar-refractivity contribution in [1.82, 2.24) is 15.3 Å². The van der Waals surface area contributed by atoms with Gasteiger partial charge in [-0.2, -0.15) is 11.3 Å². The van der Waals surface area contributed by atoms with E-state index in [0.29, 0.717) is 12.4 Å². The second kappa shape index (κ2) is 6.20. The molecule has 3 aromatic heterocycles. The van der Waals surface area contributed by atoms with Crippen LogP contribution < -0.4 is 5.32 Å². The van der Waals surface area contributed by atoms with Crippen molar-refractivity contribution in [3.05, 3.63) is 58.4 Å². The molecule has 0 unspecified atom stereocenters. The highest BCUT2D eigenvalue weighted by atomic mass is 32.1. The van der Waals surface area contributed by atoms with Crippen LogP contribution in [0.3, 0.4) is 0 Å². The Bertz CT molecular complexity index is 692. The minimum atomic E-state index is 0.244. The molecule has 0 radical (unpaired) electrons. The van der Waals surface area contributed by atoms with Crippen LogP contribution in [0.4, 0.5) is 0 Å². The number of nitrogens with one attached hydrogen (secondary N) is 1. The number of thiophene rings is 1. The molecule has 21 heavy (non-hydrogen) atoms. The molecule has 1 atom stereocenters. The summed E-state index contributed by atoms with van der Waals surface area (Å²) in [6.45, 7) is 4.77. The summed E-state index contributed by atoms with van der Waals surface area (Å²) in [6, 6.07) is 6.30. The van der Waals surface area contributed by atoms with Crippen LogP contribution in [0.15, 0.2) is 45.8 Å². The number of rotatable bonds is 5. The van der Waals surface area contributed by atoms with Gasteiger partial charge in [0.1, 0.15) is 5.76 Å². The van der Waals surface area contributed by atoms with Crippen LogP contribution in [0.1, 0.15) is 30.0 Å². The van der Waals surface area contributed by atoms with Crippen molar-refractivity contribution in [3.8, 4) is 11.5 Å². The van der Waals surface area contributed by atoms with E-state index >= 15 is 0 Å². The number of hydrogen-bond donors (Lipinski definition) is 1. The first-order valence-corrected chi connectivity index (χ1v) is 7.80. The molecular weight excluding hydrogens is 282 g/mol. The van der Waals surface area contributed by atoms with Crippen LogP contribution in [0, 0.1) is 6.92 Å². The molecule has 3 heterocycles. The normalized spacial score (nSPS) is 12.5. The maximum atomic E-state index is 5.74. The zero-order valence-electron chi connectivity index (χ0n) is 12.0. The highest BCUT2D eigenvalue weighted by Crippen LogP contribution is 2.24. The van der Waals surface area contributed by atoms with Crippen LogP contribution >= 0.6 is 11.3 Å². The standard InChI is InChI=1S/C16H17N3OS/c1-11(13-3-6-17-7-4-13)18-9-15-12(2)20-16(19-15)14-5-8-21-10-14/h3-8,10-11,18H,9H2,1-2H3/t11-/m1/s1. The topological polar surface area (TPSA) is 51.0 Å². The number of nitrogens with zero attached hydrogens (tertiary/aromatic N) is 2. The first-order valence-electron chi connectivity index (χ1n) is 6.86. The van der Waals surface area contributed by atoms with Crippen molar-refractivity contribution in [2.45, 2.75) is 26.4 Å². The van der Waals surface area contributed by atoms with Gasteiger partial charge in [0.2, 0.25) is 5.89 Å². The van der Waals surface area contributed by atoms with E-state index in [1.807, 2.05) is 48.3 Å². The molecule has 4 nitrogen and oxygen atoms in total. The Labute approximate surface area is 127 Å². The monoisotopic (exact) mass is 299 g/mol. The smallest absolute Gasteiger partial charge is 0.227 e. The van der Waals surface area contributed by atoms with Crippen LogP contribution in [0.25, 0.3) is 11.5 Å². The average molecular weight is 299 g/mol. The van der Waals surface area contributed by atoms with Crippen molar-refractivity contribution in [2.24, 2.45) is 0 Å². The summed E-state index contributed by atoms with van der Waals surface area (Å²) in [5.41, 5.74) is 3.21.